The van der Waals surface area contributed by atoms with E-state index in [4.69, 9.17) is 11.6 Å². The average molecular weight is 513 g/mol. The molecule has 0 atom stereocenters. The molecule has 4 rings (SSSR count). The second-order valence-electron chi connectivity index (χ2n) is 8.05. The molecule has 0 unspecified atom stereocenters. The molecule has 0 bridgehead atoms. The van der Waals surface area contributed by atoms with Gasteiger partial charge in [0.25, 0.3) is 5.91 Å². The van der Waals surface area contributed by atoms with Crippen LogP contribution in [0.25, 0.3) is 0 Å². The summed E-state index contributed by atoms with van der Waals surface area (Å²) in [6, 6.07) is 24.0. The number of carbonyl (C=O) groups excluding carboxylic acids is 1. The van der Waals surface area contributed by atoms with Crippen molar-refractivity contribution in [2.75, 3.05) is 31.5 Å². The topological polar surface area (TPSA) is 35.6 Å². The summed E-state index contributed by atoms with van der Waals surface area (Å²) in [5, 5.41) is 4.06. The van der Waals surface area contributed by atoms with Gasteiger partial charge in [0.2, 0.25) is 0 Å². The molecular formula is C26H27BrClN3O. The summed E-state index contributed by atoms with van der Waals surface area (Å²) in [7, 11) is 0. The number of carbonyl (C=O) groups is 1. The quantitative estimate of drug-likeness (QED) is 0.463. The van der Waals surface area contributed by atoms with Crippen molar-refractivity contribution in [2.24, 2.45) is 0 Å². The van der Waals surface area contributed by atoms with Crippen molar-refractivity contribution >= 4 is 39.1 Å². The summed E-state index contributed by atoms with van der Waals surface area (Å²) in [6.45, 7) is 4.66. The molecule has 0 spiro atoms. The number of rotatable bonds is 3. The van der Waals surface area contributed by atoms with Gasteiger partial charge >= 0.3 is 0 Å². The third-order valence-electron chi connectivity index (χ3n) is 5.72. The van der Waals surface area contributed by atoms with Crippen molar-refractivity contribution in [3.05, 3.63) is 99.0 Å². The third kappa shape index (κ3) is 5.91. The monoisotopic (exact) mass is 511 g/mol. The summed E-state index contributed by atoms with van der Waals surface area (Å²) in [6.07, 6.45) is 1.03. The minimum absolute atomic E-state index is 0.0413. The molecule has 1 aliphatic heterocycles. The molecule has 1 heterocycles. The Morgan fingerprint density at radius 2 is 1.75 bits per heavy atom. The van der Waals surface area contributed by atoms with E-state index in [1.165, 1.54) is 5.56 Å². The van der Waals surface area contributed by atoms with Crippen LogP contribution >= 0.6 is 27.5 Å². The zero-order valence-corrected chi connectivity index (χ0v) is 20.3. The molecule has 4 nitrogen and oxygen atoms in total. The first-order valence-electron chi connectivity index (χ1n) is 10.9. The fourth-order valence-electron chi connectivity index (χ4n) is 4.03. The van der Waals surface area contributed by atoms with Crippen LogP contribution in [0.5, 0.6) is 0 Å². The van der Waals surface area contributed by atoms with Crippen molar-refractivity contribution in [1.82, 2.24) is 9.80 Å². The fourth-order valence-corrected chi connectivity index (χ4v) is 4.65. The molecule has 3 aromatic rings. The highest BCUT2D eigenvalue weighted by Crippen LogP contribution is 2.25. The van der Waals surface area contributed by atoms with Crippen LogP contribution in [-0.2, 0) is 13.1 Å². The molecule has 6 heteroatoms. The standard InChI is InChI=1S/C26H27BrClN3O/c27-22-11-12-25-21(17-22)19-31(26(32)23-9-4-5-10-24(23)28)16-15-30(14-6-13-29-25)18-20-7-2-1-3-8-20/h1-5,7-12,17,29H,6,13-16,18-19H2. The lowest BCUT2D eigenvalue weighted by molar-refractivity contribution is 0.0720. The molecule has 0 aliphatic carbocycles. The molecule has 1 amide bonds. The van der Waals surface area contributed by atoms with Crippen LogP contribution in [0.15, 0.2) is 77.3 Å². The number of fused-ring (bicyclic) bond motifs is 1. The zero-order valence-electron chi connectivity index (χ0n) is 17.9. The Kier molecular flexibility index (Phi) is 7.85. The molecule has 166 valence electrons. The summed E-state index contributed by atoms with van der Waals surface area (Å²) in [5.41, 5.74) is 3.99. The summed E-state index contributed by atoms with van der Waals surface area (Å²) in [4.78, 5) is 17.9. The van der Waals surface area contributed by atoms with Crippen LogP contribution in [0, 0.1) is 0 Å². The number of amides is 1. The SMILES string of the molecule is O=C(c1ccccc1Cl)N1CCN(Cc2ccccc2)CCCNc2ccc(Br)cc2C1. The highest BCUT2D eigenvalue weighted by molar-refractivity contribution is 9.10. The van der Waals surface area contributed by atoms with E-state index in [1.807, 2.05) is 29.2 Å². The predicted octanol–water partition coefficient (Wildman–Crippen LogP) is 6.06. The molecular weight excluding hydrogens is 486 g/mol. The Labute approximate surface area is 203 Å². The predicted molar refractivity (Wildman–Crippen MR) is 135 cm³/mol. The maximum atomic E-state index is 13.5. The largest absolute Gasteiger partial charge is 0.385 e. The van der Waals surface area contributed by atoms with Gasteiger partial charge < -0.3 is 10.2 Å². The van der Waals surface area contributed by atoms with Crippen molar-refractivity contribution < 1.29 is 4.79 Å². The second kappa shape index (κ2) is 11.0. The lowest BCUT2D eigenvalue weighted by Crippen LogP contribution is -2.38. The molecule has 0 saturated heterocycles. The normalized spacial score (nSPS) is 15.4. The van der Waals surface area contributed by atoms with Gasteiger partial charge in [-0.2, -0.15) is 0 Å². The smallest absolute Gasteiger partial charge is 0.255 e. The van der Waals surface area contributed by atoms with Crippen molar-refractivity contribution in [1.29, 1.82) is 0 Å². The first-order valence-corrected chi connectivity index (χ1v) is 12.1. The number of hydrogen-bond acceptors (Lipinski definition) is 3. The summed E-state index contributed by atoms with van der Waals surface area (Å²) in [5.74, 6) is -0.0413. The number of halogens is 2. The van der Waals surface area contributed by atoms with E-state index >= 15 is 0 Å². The summed E-state index contributed by atoms with van der Waals surface area (Å²) < 4.78 is 1.00. The van der Waals surface area contributed by atoms with Crippen LogP contribution in [0.3, 0.4) is 0 Å². The first-order chi connectivity index (χ1) is 15.6. The van der Waals surface area contributed by atoms with Gasteiger partial charge in [-0.25, -0.2) is 0 Å². The average Bonchev–Trinajstić information content (AvgIpc) is 2.84. The Hall–Kier alpha value is -2.34. The molecule has 32 heavy (non-hydrogen) atoms. The van der Waals surface area contributed by atoms with Crippen LogP contribution in [-0.4, -0.2) is 41.9 Å². The Morgan fingerprint density at radius 3 is 2.56 bits per heavy atom. The van der Waals surface area contributed by atoms with Crippen LogP contribution in [0.1, 0.15) is 27.9 Å². The summed E-state index contributed by atoms with van der Waals surface area (Å²) >= 11 is 9.96. The maximum absolute atomic E-state index is 13.5. The second-order valence-corrected chi connectivity index (χ2v) is 9.37. The van der Waals surface area contributed by atoms with E-state index in [0.717, 1.165) is 48.3 Å². The van der Waals surface area contributed by atoms with E-state index in [2.05, 4.69) is 62.5 Å². The molecule has 3 aromatic carbocycles. The molecule has 0 fully saturated rings. The van der Waals surface area contributed by atoms with E-state index in [-0.39, 0.29) is 5.91 Å². The van der Waals surface area contributed by atoms with E-state index in [1.54, 1.807) is 12.1 Å². The Balaban J connectivity index is 1.61. The van der Waals surface area contributed by atoms with Gasteiger partial charge in [-0.15, -0.1) is 0 Å². The van der Waals surface area contributed by atoms with Gasteiger partial charge in [0, 0.05) is 49.4 Å². The fraction of sp³-hybridized carbons (Fsp3) is 0.269. The van der Waals surface area contributed by atoms with Crippen molar-refractivity contribution in [2.45, 2.75) is 19.5 Å². The molecule has 1 aliphatic rings. The lowest BCUT2D eigenvalue weighted by atomic mass is 10.1. The van der Waals surface area contributed by atoms with Gasteiger partial charge in [0.15, 0.2) is 0 Å². The Morgan fingerprint density at radius 1 is 0.969 bits per heavy atom. The third-order valence-corrected chi connectivity index (χ3v) is 6.54. The van der Waals surface area contributed by atoms with Gasteiger partial charge in [-0.05, 0) is 47.9 Å². The van der Waals surface area contributed by atoms with Crippen LogP contribution in [0.2, 0.25) is 5.02 Å². The number of nitrogens with zero attached hydrogens (tertiary/aromatic N) is 2. The maximum Gasteiger partial charge on any atom is 0.255 e. The highest BCUT2D eigenvalue weighted by Gasteiger charge is 2.21. The van der Waals surface area contributed by atoms with Crippen LogP contribution in [0.4, 0.5) is 5.69 Å². The van der Waals surface area contributed by atoms with Gasteiger partial charge in [0.05, 0.1) is 10.6 Å². The molecule has 1 N–H and O–H groups in total. The van der Waals surface area contributed by atoms with Crippen molar-refractivity contribution in [3.63, 3.8) is 0 Å². The zero-order chi connectivity index (χ0) is 22.3. The highest BCUT2D eigenvalue weighted by atomic mass is 79.9. The molecule has 0 saturated carbocycles. The number of hydrogen-bond donors (Lipinski definition) is 1. The lowest BCUT2D eigenvalue weighted by Gasteiger charge is -2.28. The van der Waals surface area contributed by atoms with Gasteiger partial charge in [0.1, 0.15) is 0 Å². The Bertz CT molecular complexity index is 1060. The number of benzene rings is 3. The first kappa shape index (κ1) is 22.8. The minimum Gasteiger partial charge on any atom is -0.385 e. The molecule has 0 aromatic heterocycles. The van der Waals surface area contributed by atoms with Gasteiger partial charge in [-0.3, -0.25) is 9.69 Å². The van der Waals surface area contributed by atoms with Crippen molar-refractivity contribution in [3.8, 4) is 0 Å². The molecule has 0 radical (unpaired) electrons. The number of nitrogens with one attached hydrogen (secondary N) is 1. The minimum atomic E-state index is -0.0413. The van der Waals surface area contributed by atoms with E-state index in [9.17, 15) is 4.79 Å². The number of anilines is 1. The van der Waals surface area contributed by atoms with Crippen LogP contribution < -0.4 is 5.32 Å². The van der Waals surface area contributed by atoms with E-state index < -0.39 is 0 Å². The van der Waals surface area contributed by atoms with Gasteiger partial charge in [-0.1, -0.05) is 70.0 Å². The van der Waals surface area contributed by atoms with E-state index in [0.29, 0.717) is 23.7 Å².